The largest absolute Gasteiger partial charge is 0.481 e. The predicted octanol–water partition coefficient (Wildman–Crippen LogP) is 1.27. The van der Waals surface area contributed by atoms with Crippen LogP contribution in [0.3, 0.4) is 0 Å². The Morgan fingerprint density at radius 2 is 2.14 bits per heavy atom. The average Bonchev–Trinajstić information content (AvgIpc) is 2.56. The third-order valence-corrected chi connectivity index (χ3v) is 4.64. The molecule has 4 heterocycles. The average molecular weight is 298 g/mol. The molecular formula is C16H18N4O2. The highest BCUT2D eigenvalue weighted by Crippen LogP contribution is 2.36. The number of rotatable bonds is 2. The number of piperidine rings is 1. The van der Waals surface area contributed by atoms with Gasteiger partial charge in [0.05, 0.1) is 7.11 Å². The van der Waals surface area contributed by atoms with E-state index in [0.717, 1.165) is 37.6 Å². The zero-order valence-electron chi connectivity index (χ0n) is 12.5. The Kier molecular flexibility index (Phi) is 3.10. The smallest absolute Gasteiger partial charge is 0.250 e. The number of aromatic nitrogens is 3. The van der Waals surface area contributed by atoms with Gasteiger partial charge in [-0.05, 0) is 18.4 Å². The maximum Gasteiger partial charge on any atom is 0.250 e. The van der Waals surface area contributed by atoms with Crippen LogP contribution in [0.15, 0.2) is 35.4 Å². The van der Waals surface area contributed by atoms with E-state index in [9.17, 15) is 4.79 Å². The summed E-state index contributed by atoms with van der Waals surface area (Å²) in [5.74, 6) is 2.33. The summed E-state index contributed by atoms with van der Waals surface area (Å²) >= 11 is 0. The van der Waals surface area contributed by atoms with Crippen LogP contribution < -0.4 is 15.2 Å². The normalized spacial score (nSPS) is 23.0. The predicted molar refractivity (Wildman–Crippen MR) is 82.3 cm³/mol. The minimum atomic E-state index is 0.115. The van der Waals surface area contributed by atoms with Gasteiger partial charge in [-0.2, -0.15) is 0 Å². The van der Waals surface area contributed by atoms with Crippen molar-refractivity contribution >= 4 is 5.82 Å². The van der Waals surface area contributed by atoms with E-state index in [1.54, 1.807) is 13.2 Å². The molecule has 0 radical (unpaired) electrons. The van der Waals surface area contributed by atoms with E-state index in [0.29, 0.717) is 17.7 Å². The number of ether oxygens (including phenoxy) is 1. The standard InChI is InChI=1S/C16H18N4O2/c1-22-15-6-14(17-10-18-15)19-7-11-5-12(9-19)13-3-2-4-16(21)20(13)8-11/h2-4,6,10-12H,5,7-9H2,1H3. The minimum Gasteiger partial charge on any atom is -0.481 e. The molecule has 2 bridgehead atoms. The lowest BCUT2D eigenvalue weighted by molar-refractivity contribution is 0.280. The first kappa shape index (κ1) is 13.3. The van der Waals surface area contributed by atoms with Gasteiger partial charge in [0, 0.05) is 43.4 Å². The van der Waals surface area contributed by atoms with E-state index in [4.69, 9.17) is 4.74 Å². The van der Waals surface area contributed by atoms with Crippen molar-refractivity contribution in [3.8, 4) is 5.88 Å². The summed E-state index contributed by atoms with van der Waals surface area (Å²) in [5.41, 5.74) is 1.26. The summed E-state index contributed by atoms with van der Waals surface area (Å²) in [6.07, 6.45) is 2.68. The number of fused-ring (bicyclic) bond motifs is 4. The van der Waals surface area contributed by atoms with Crippen LogP contribution >= 0.6 is 0 Å². The molecule has 2 aliphatic heterocycles. The Morgan fingerprint density at radius 3 is 3.00 bits per heavy atom. The highest BCUT2D eigenvalue weighted by atomic mass is 16.5. The molecule has 0 aromatic carbocycles. The number of hydrogen-bond acceptors (Lipinski definition) is 5. The molecule has 22 heavy (non-hydrogen) atoms. The number of hydrogen-bond donors (Lipinski definition) is 0. The van der Waals surface area contributed by atoms with Crippen LogP contribution in [-0.4, -0.2) is 34.7 Å². The van der Waals surface area contributed by atoms with Crippen LogP contribution in [0.5, 0.6) is 5.88 Å². The van der Waals surface area contributed by atoms with Gasteiger partial charge in [-0.15, -0.1) is 0 Å². The highest BCUT2D eigenvalue weighted by Gasteiger charge is 2.35. The lowest BCUT2D eigenvalue weighted by Crippen LogP contribution is -2.47. The van der Waals surface area contributed by atoms with Crippen molar-refractivity contribution in [2.24, 2.45) is 5.92 Å². The van der Waals surface area contributed by atoms with Crippen molar-refractivity contribution in [1.82, 2.24) is 14.5 Å². The van der Waals surface area contributed by atoms with Gasteiger partial charge >= 0.3 is 0 Å². The van der Waals surface area contributed by atoms with E-state index < -0.39 is 0 Å². The van der Waals surface area contributed by atoms with Gasteiger partial charge in [0.15, 0.2) is 0 Å². The second kappa shape index (κ2) is 5.12. The molecule has 2 atom stereocenters. The molecule has 0 saturated carbocycles. The number of methoxy groups -OCH3 is 1. The number of pyridine rings is 1. The van der Waals surface area contributed by atoms with E-state index in [1.807, 2.05) is 16.7 Å². The van der Waals surface area contributed by atoms with Crippen molar-refractivity contribution < 1.29 is 4.74 Å². The molecule has 114 valence electrons. The Balaban J connectivity index is 1.67. The molecule has 4 rings (SSSR count). The van der Waals surface area contributed by atoms with Crippen LogP contribution in [0, 0.1) is 5.92 Å². The molecule has 0 amide bonds. The Hall–Kier alpha value is -2.37. The molecule has 2 aromatic rings. The van der Waals surface area contributed by atoms with Crippen LogP contribution in [0.2, 0.25) is 0 Å². The van der Waals surface area contributed by atoms with Crippen molar-refractivity contribution in [3.63, 3.8) is 0 Å². The van der Waals surface area contributed by atoms with Crippen LogP contribution in [0.1, 0.15) is 18.0 Å². The summed E-state index contributed by atoms with van der Waals surface area (Å²) in [6, 6.07) is 7.46. The first-order valence-corrected chi connectivity index (χ1v) is 7.55. The fraction of sp³-hybridized carbons (Fsp3) is 0.438. The monoisotopic (exact) mass is 298 g/mol. The maximum atomic E-state index is 12.0. The fourth-order valence-electron chi connectivity index (χ4n) is 3.70. The zero-order valence-corrected chi connectivity index (χ0v) is 12.5. The van der Waals surface area contributed by atoms with Gasteiger partial charge in [-0.25, -0.2) is 9.97 Å². The lowest BCUT2D eigenvalue weighted by atomic mass is 9.83. The number of nitrogens with zero attached hydrogens (tertiary/aromatic N) is 4. The first-order valence-electron chi connectivity index (χ1n) is 7.55. The van der Waals surface area contributed by atoms with E-state index in [1.165, 1.54) is 6.33 Å². The molecule has 0 aliphatic carbocycles. The van der Waals surface area contributed by atoms with Crippen molar-refractivity contribution in [3.05, 3.63) is 46.6 Å². The van der Waals surface area contributed by atoms with Gasteiger partial charge in [0.2, 0.25) is 5.88 Å². The van der Waals surface area contributed by atoms with Crippen molar-refractivity contribution in [1.29, 1.82) is 0 Å². The Morgan fingerprint density at radius 1 is 1.23 bits per heavy atom. The molecule has 6 heteroatoms. The summed E-state index contributed by atoms with van der Waals surface area (Å²) < 4.78 is 7.13. The molecule has 2 unspecified atom stereocenters. The number of anilines is 1. The van der Waals surface area contributed by atoms with E-state index in [2.05, 4.69) is 20.9 Å². The van der Waals surface area contributed by atoms with Crippen molar-refractivity contribution in [2.45, 2.75) is 18.9 Å². The summed E-state index contributed by atoms with van der Waals surface area (Å²) in [5, 5.41) is 0. The molecule has 6 nitrogen and oxygen atoms in total. The maximum absolute atomic E-state index is 12.0. The van der Waals surface area contributed by atoms with Gasteiger partial charge in [0.25, 0.3) is 5.56 Å². The fourth-order valence-corrected chi connectivity index (χ4v) is 3.70. The summed E-state index contributed by atoms with van der Waals surface area (Å²) in [6.45, 7) is 2.59. The molecule has 2 aromatic heterocycles. The van der Waals surface area contributed by atoms with Crippen LogP contribution in [0.25, 0.3) is 0 Å². The van der Waals surface area contributed by atoms with Gasteiger partial charge in [-0.3, -0.25) is 4.79 Å². The Labute approximate surface area is 128 Å². The van der Waals surface area contributed by atoms with Crippen LogP contribution in [0.4, 0.5) is 5.82 Å². The van der Waals surface area contributed by atoms with E-state index in [-0.39, 0.29) is 5.56 Å². The van der Waals surface area contributed by atoms with E-state index >= 15 is 0 Å². The quantitative estimate of drug-likeness (QED) is 0.835. The topological polar surface area (TPSA) is 60.2 Å². The van der Waals surface area contributed by atoms with Crippen molar-refractivity contribution in [2.75, 3.05) is 25.1 Å². The Bertz CT molecular complexity index is 758. The van der Waals surface area contributed by atoms with Crippen LogP contribution in [-0.2, 0) is 6.54 Å². The summed E-state index contributed by atoms with van der Waals surface area (Å²) in [4.78, 5) is 22.8. The zero-order chi connectivity index (χ0) is 15.1. The third kappa shape index (κ3) is 2.15. The highest BCUT2D eigenvalue weighted by molar-refractivity contribution is 5.42. The molecule has 1 fully saturated rings. The van der Waals surface area contributed by atoms with Gasteiger partial charge < -0.3 is 14.2 Å². The minimum absolute atomic E-state index is 0.115. The second-order valence-electron chi connectivity index (χ2n) is 6.02. The second-order valence-corrected chi connectivity index (χ2v) is 6.02. The lowest BCUT2D eigenvalue weighted by Gasteiger charge is -2.43. The molecular weight excluding hydrogens is 280 g/mol. The summed E-state index contributed by atoms with van der Waals surface area (Å²) in [7, 11) is 1.61. The molecule has 2 aliphatic rings. The van der Waals surface area contributed by atoms with Gasteiger partial charge in [-0.1, -0.05) is 6.07 Å². The molecule has 0 spiro atoms. The van der Waals surface area contributed by atoms with Gasteiger partial charge in [0.1, 0.15) is 12.1 Å². The first-order chi connectivity index (χ1) is 10.7. The molecule has 0 N–H and O–H groups in total. The third-order valence-electron chi connectivity index (χ3n) is 4.64. The SMILES string of the molecule is COc1cc(N2CC3CC(C2)c2cccc(=O)n2C3)ncn1. The molecule has 1 saturated heterocycles.